The molecular formula is C6H5N4O2-. The lowest BCUT2D eigenvalue weighted by Gasteiger charge is -1.87. The second kappa shape index (κ2) is 5.70. The Morgan fingerprint density at radius 3 is 2.33 bits per heavy atom. The molecule has 62 valence electrons. The highest BCUT2D eigenvalue weighted by Crippen LogP contribution is 1.90. The second-order valence-electron chi connectivity index (χ2n) is 1.61. The SMILES string of the molecule is O=C(O)c1ccccn1.[N-]=[N+]=[N-]. The maximum atomic E-state index is 10.1. The van der Waals surface area contributed by atoms with Crippen LogP contribution in [-0.2, 0) is 0 Å². The number of pyridine rings is 1. The Morgan fingerprint density at radius 2 is 2.08 bits per heavy atom. The van der Waals surface area contributed by atoms with Crippen LogP contribution in [0.25, 0.3) is 16.0 Å². The van der Waals surface area contributed by atoms with Gasteiger partial charge in [-0.25, -0.2) is 9.78 Å². The summed E-state index contributed by atoms with van der Waals surface area (Å²) in [4.78, 5) is 15.2. The Bertz CT molecular complexity index is 279. The number of rotatable bonds is 1. The summed E-state index contributed by atoms with van der Waals surface area (Å²) >= 11 is 0. The first-order valence-electron chi connectivity index (χ1n) is 2.85. The molecule has 0 unspecified atom stereocenters. The van der Waals surface area contributed by atoms with Crippen LogP contribution in [0.15, 0.2) is 24.4 Å². The summed E-state index contributed by atoms with van der Waals surface area (Å²) in [5.41, 5.74) is 13.6. The molecule has 1 N–H and O–H groups in total. The van der Waals surface area contributed by atoms with Crippen molar-refractivity contribution in [2.45, 2.75) is 0 Å². The van der Waals surface area contributed by atoms with Crippen LogP contribution in [-0.4, -0.2) is 16.1 Å². The van der Waals surface area contributed by atoms with E-state index in [1.54, 1.807) is 12.1 Å². The third-order valence-electron chi connectivity index (χ3n) is 0.884. The molecule has 6 heteroatoms. The Hall–Kier alpha value is -2.07. The first-order chi connectivity index (χ1) is 5.72. The number of carboxylic acids is 1. The molecule has 0 aliphatic heterocycles. The molecule has 0 fully saturated rings. The summed E-state index contributed by atoms with van der Waals surface area (Å²) in [6.45, 7) is 0. The van der Waals surface area contributed by atoms with Gasteiger partial charge in [-0.1, -0.05) is 6.07 Å². The van der Waals surface area contributed by atoms with E-state index in [1.165, 1.54) is 17.2 Å². The smallest absolute Gasteiger partial charge is 0.354 e. The normalized spacial score (nSPS) is 7.33. The molecule has 0 saturated heterocycles. The van der Waals surface area contributed by atoms with E-state index in [1.807, 2.05) is 0 Å². The Kier molecular flexibility index (Phi) is 4.71. The van der Waals surface area contributed by atoms with Crippen molar-refractivity contribution in [1.82, 2.24) is 4.98 Å². The summed E-state index contributed by atoms with van der Waals surface area (Å²) in [5, 5.41) is 8.32. The van der Waals surface area contributed by atoms with E-state index >= 15 is 0 Å². The van der Waals surface area contributed by atoms with Gasteiger partial charge in [0.05, 0.1) is 0 Å². The van der Waals surface area contributed by atoms with Crippen molar-refractivity contribution in [3.63, 3.8) is 0 Å². The van der Waals surface area contributed by atoms with Gasteiger partial charge in [0.1, 0.15) is 5.69 Å². The zero-order chi connectivity index (χ0) is 9.40. The molecular weight excluding hydrogens is 160 g/mol. The monoisotopic (exact) mass is 165 g/mol. The highest BCUT2D eigenvalue weighted by atomic mass is 16.4. The lowest BCUT2D eigenvalue weighted by molar-refractivity contribution is 0.0690. The molecule has 0 spiro atoms. The fourth-order valence-electron chi connectivity index (χ4n) is 0.489. The number of hydrogen-bond donors (Lipinski definition) is 1. The zero-order valence-electron chi connectivity index (χ0n) is 5.95. The van der Waals surface area contributed by atoms with Gasteiger partial charge in [-0.05, 0) is 12.1 Å². The molecule has 0 aliphatic carbocycles. The number of hydrogen-bond acceptors (Lipinski definition) is 2. The van der Waals surface area contributed by atoms with Crippen molar-refractivity contribution >= 4 is 5.97 Å². The van der Waals surface area contributed by atoms with Gasteiger partial charge in [0, 0.05) is 6.20 Å². The van der Waals surface area contributed by atoms with Crippen LogP contribution in [0.4, 0.5) is 0 Å². The van der Waals surface area contributed by atoms with Crippen LogP contribution in [0.2, 0.25) is 0 Å². The van der Waals surface area contributed by atoms with Gasteiger partial charge in [0.2, 0.25) is 0 Å². The molecule has 1 aromatic heterocycles. The van der Waals surface area contributed by atoms with E-state index in [4.69, 9.17) is 16.2 Å². The molecule has 1 rings (SSSR count). The van der Waals surface area contributed by atoms with Crippen LogP contribution in [0.3, 0.4) is 0 Å². The molecule has 1 heterocycles. The van der Waals surface area contributed by atoms with Crippen molar-refractivity contribution in [3.8, 4) is 0 Å². The van der Waals surface area contributed by atoms with E-state index in [-0.39, 0.29) is 5.69 Å². The van der Waals surface area contributed by atoms with Gasteiger partial charge in [-0.2, -0.15) is 0 Å². The molecule has 0 saturated carbocycles. The summed E-state index contributed by atoms with van der Waals surface area (Å²) in [5.74, 6) is -0.990. The minimum absolute atomic E-state index is 0.0810. The van der Waals surface area contributed by atoms with Gasteiger partial charge < -0.3 is 16.2 Å². The zero-order valence-corrected chi connectivity index (χ0v) is 5.95. The van der Waals surface area contributed by atoms with Crippen LogP contribution in [0.1, 0.15) is 10.5 Å². The molecule has 0 aliphatic rings. The average Bonchev–Trinajstić information content (AvgIpc) is 2.07. The number of nitrogens with zero attached hydrogens (tertiary/aromatic N) is 4. The molecule has 0 radical (unpaired) electrons. The maximum absolute atomic E-state index is 10.1. The minimum atomic E-state index is -0.990. The van der Waals surface area contributed by atoms with Crippen LogP contribution < -0.4 is 0 Å². The first-order valence-corrected chi connectivity index (χ1v) is 2.85. The summed E-state index contributed by atoms with van der Waals surface area (Å²) < 4.78 is 0. The predicted octanol–water partition coefficient (Wildman–Crippen LogP) is 1.65. The fraction of sp³-hybridized carbons (Fsp3) is 0. The van der Waals surface area contributed by atoms with Crippen molar-refractivity contribution in [2.75, 3.05) is 0 Å². The topological polar surface area (TPSA) is 109 Å². The molecule has 6 nitrogen and oxygen atoms in total. The lowest BCUT2D eigenvalue weighted by atomic mass is 10.4. The van der Waals surface area contributed by atoms with E-state index < -0.39 is 5.97 Å². The molecule has 12 heavy (non-hydrogen) atoms. The van der Waals surface area contributed by atoms with Crippen LogP contribution >= 0.6 is 0 Å². The summed E-state index contributed by atoms with van der Waals surface area (Å²) in [6, 6.07) is 4.76. The van der Waals surface area contributed by atoms with Gasteiger partial charge in [-0.15, -0.1) is 0 Å². The Morgan fingerprint density at radius 1 is 1.50 bits per heavy atom. The quantitative estimate of drug-likeness (QED) is 0.388. The Labute approximate surface area is 67.9 Å². The van der Waals surface area contributed by atoms with Gasteiger partial charge in [0.15, 0.2) is 0 Å². The Balaban J connectivity index is 0.000000354. The van der Waals surface area contributed by atoms with E-state index in [9.17, 15) is 4.79 Å². The molecule has 0 bridgehead atoms. The summed E-state index contributed by atoms with van der Waals surface area (Å²) in [6.07, 6.45) is 1.45. The third kappa shape index (κ3) is 3.86. The largest absolute Gasteiger partial charge is 0.477 e. The van der Waals surface area contributed by atoms with Crippen molar-refractivity contribution in [3.05, 3.63) is 46.1 Å². The number of aromatic carboxylic acids is 1. The second-order valence-corrected chi connectivity index (χ2v) is 1.61. The maximum Gasteiger partial charge on any atom is 0.354 e. The van der Waals surface area contributed by atoms with Crippen LogP contribution in [0, 0.1) is 0 Å². The number of carbonyl (C=O) groups is 1. The molecule has 1 aromatic rings. The summed E-state index contributed by atoms with van der Waals surface area (Å²) in [7, 11) is 0. The van der Waals surface area contributed by atoms with Gasteiger partial charge in [0.25, 0.3) is 0 Å². The number of aromatic nitrogens is 1. The first kappa shape index (κ1) is 9.93. The van der Waals surface area contributed by atoms with E-state index in [2.05, 4.69) is 4.98 Å². The lowest BCUT2D eigenvalue weighted by Crippen LogP contribution is -1.97. The van der Waals surface area contributed by atoms with E-state index in [0.29, 0.717) is 0 Å². The van der Waals surface area contributed by atoms with Gasteiger partial charge >= 0.3 is 5.97 Å². The molecule has 0 aromatic carbocycles. The standard InChI is InChI=1S/C6H5NO2.N3/c8-6(9)5-3-1-2-4-7-5;1-3-2/h1-4H,(H,8,9);/q;-1. The van der Waals surface area contributed by atoms with Crippen molar-refractivity contribution in [2.24, 2.45) is 0 Å². The predicted molar refractivity (Wildman–Crippen MR) is 41.3 cm³/mol. The highest BCUT2D eigenvalue weighted by Gasteiger charge is 1.98. The third-order valence-corrected chi connectivity index (χ3v) is 0.884. The van der Waals surface area contributed by atoms with E-state index in [0.717, 1.165) is 0 Å². The average molecular weight is 165 g/mol. The van der Waals surface area contributed by atoms with Crippen molar-refractivity contribution < 1.29 is 9.90 Å². The minimum Gasteiger partial charge on any atom is -0.477 e. The van der Waals surface area contributed by atoms with Crippen molar-refractivity contribution in [1.29, 1.82) is 0 Å². The molecule has 0 atom stereocenters. The number of carboxylic acid groups (broad SMARTS) is 1. The molecule has 0 amide bonds. The van der Waals surface area contributed by atoms with Gasteiger partial charge in [-0.3, -0.25) is 4.91 Å². The fourth-order valence-corrected chi connectivity index (χ4v) is 0.489. The highest BCUT2D eigenvalue weighted by molar-refractivity contribution is 5.85. The van der Waals surface area contributed by atoms with Crippen LogP contribution in [0.5, 0.6) is 0 Å².